The maximum atomic E-state index is 12.5. The fraction of sp³-hybridized carbons (Fsp3) is 0.278. The number of carbonyl (C=O) groups excluding carboxylic acids is 1. The molecule has 2 aromatic carbocycles. The highest BCUT2D eigenvalue weighted by atomic mass is 35.5. The number of hydrogen-bond donors (Lipinski definition) is 1. The van der Waals surface area contributed by atoms with E-state index >= 15 is 0 Å². The van der Waals surface area contributed by atoms with E-state index in [1.54, 1.807) is 31.4 Å². The van der Waals surface area contributed by atoms with Gasteiger partial charge >= 0.3 is 0 Å². The van der Waals surface area contributed by atoms with E-state index in [1.165, 1.54) is 0 Å². The number of para-hydroxylation sites is 2. The summed E-state index contributed by atoms with van der Waals surface area (Å²) in [6, 6.07) is 12.6. The quantitative estimate of drug-likeness (QED) is 0.849. The van der Waals surface area contributed by atoms with Crippen LogP contribution in [0, 0.1) is 6.92 Å². The lowest BCUT2D eigenvalue weighted by Crippen LogP contribution is -2.32. The largest absolute Gasteiger partial charge is 0.495 e. The Morgan fingerprint density at radius 3 is 2.65 bits per heavy atom. The normalized spacial score (nSPS) is 11.7. The van der Waals surface area contributed by atoms with Gasteiger partial charge in [0.2, 0.25) is 0 Å². The summed E-state index contributed by atoms with van der Waals surface area (Å²) in [6.45, 7) is 3.79. The highest BCUT2D eigenvalue weighted by Gasteiger charge is 2.20. The van der Waals surface area contributed by atoms with Crippen molar-refractivity contribution in [2.75, 3.05) is 12.4 Å². The maximum Gasteiger partial charge on any atom is 0.265 e. The maximum absolute atomic E-state index is 12.5. The van der Waals surface area contributed by atoms with Crippen molar-refractivity contribution in [2.45, 2.75) is 26.4 Å². The number of halogens is 1. The lowest BCUT2D eigenvalue weighted by Gasteiger charge is -2.18. The number of anilines is 1. The average Bonchev–Trinajstić information content (AvgIpc) is 2.56. The number of benzene rings is 2. The van der Waals surface area contributed by atoms with Crippen LogP contribution in [0.2, 0.25) is 5.02 Å². The van der Waals surface area contributed by atoms with E-state index in [0.29, 0.717) is 28.6 Å². The molecule has 0 aliphatic rings. The highest BCUT2D eigenvalue weighted by molar-refractivity contribution is 6.31. The van der Waals surface area contributed by atoms with E-state index in [-0.39, 0.29) is 5.91 Å². The summed E-state index contributed by atoms with van der Waals surface area (Å²) in [4.78, 5) is 12.5. The van der Waals surface area contributed by atoms with E-state index in [9.17, 15) is 4.79 Å². The smallest absolute Gasteiger partial charge is 0.265 e. The fourth-order valence-corrected chi connectivity index (χ4v) is 2.26. The monoisotopic (exact) mass is 333 g/mol. The van der Waals surface area contributed by atoms with Gasteiger partial charge in [0.25, 0.3) is 5.91 Å². The lowest BCUT2D eigenvalue weighted by atomic mass is 10.2. The van der Waals surface area contributed by atoms with Crippen molar-refractivity contribution in [3.8, 4) is 11.5 Å². The summed E-state index contributed by atoms with van der Waals surface area (Å²) in [5, 5.41) is 3.51. The molecule has 0 bridgehead atoms. The Bertz CT molecular complexity index is 688. The van der Waals surface area contributed by atoms with Gasteiger partial charge < -0.3 is 14.8 Å². The van der Waals surface area contributed by atoms with Crippen LogP contribution in [0.4, 0.5) is 5.69 Å². The van der Waals surface area contributed by atoms with Gasteiger partial charge in [-0.25, -0.2) is 0 Å². The molecule has 0 saturated heterocycles. The molecule has 2 rings (SSSR count). The van der Waals surface area contributed by atoms with Gasteiger partial charge in [0.15, 0.2) is 6.10 Å². The number of carbonyl (C=O) groups is 1. The first-order valence-corrected chi connectivity index (χ1v) is 7.79. The lowest BCUT2D eigenvalue weighted by molar-refractivity contribution is -0.122. The van der Waals surface area contributed by atoms with Gasteiger partial charge in [-0.15, -0.1) is 0 Å². The van der Waals surface area contributed by atoms with Crippen LogP contribution in [0.3, 0.4) is 0 Å². The number of amides is 1. The van der Waals surface area contributed by atoms with Gasteiger partial charge in [0.05, 0.1) is 12.8 Å². The van der Waals surface area contributed by atoms with Crippen molar-refractivity contribution in [3.05, 3.63) is 53.1 Å². The molecule has 0 radical (unpaired) electrons. The molecule has 1 atom stereocenters. The minimum atomic E-state index is -0.597. The van der Waals surface area contributed by atoms with Gasteiger partial charge in [0.1, 0.15) is 11.5 Å². The molecular weight excluding hydrogens is 314 g/mol. The molecule has 0 unspecified atom stereocenters. The van der Waals surface area contributed by atoms with Crippen molar-refractivity contribution < 1.29 is 14.3 Å². The fourth-order valence-electron chi connectivity index (χ4n) is 2.14. The second-order valence-corrected chi connectivity index (χ2v) is 5.52. The summed E-state index contributed by atoms with van der Waals surface area (Å²) in [6.07, 6.45) is -0.0525. The van der Waals surface area contributed by atoms with Crippen LogP contribution in [0.1, 0.15) is 18.9 Å². The van der Waals surface area contributed by atoms with Crippen LogP contribution in [-0.4, -0.2) is 19.1 Å². The van der Waals surface area contributed by atoms with Crippen LogP contribution < -0.4 is 14.8 Å². The number of rotatable bonds is 6. The minimum absolute atomic E-state index is 0.218. The molecule has 0 aliphatic carbocycles. The molecule has 0 spiro atoms. The molecular formula is C18H20ClNO3. The van der Waals surface area contributed by atoms with Crippen LogP contribution >= 0.6 is 11.6 Å². The van der Waals surface area contributed by atoms with Crippen LogP contribution in [0.15, 0.2) is 42.5 Å². The SMILES string of the molecule is CC[C@H](Oc1ccc(Cl)c(C)c1)C(=O)Nc1ccccc1OC. The van der Waals surface area contributed by atoms with Crippen LogP contribution in [0.25, 0.3) is 0 Å². The minimum Gasteiger partial charge on any atom is -0.495 e. The summed E-state index contributed by atoms with van der Waals surface area (Å²) >= 11 is 6.01. The molecule has 0 heterocycles. The van der Waals surface area contributed by atoms with Gasteiger partial charge in [-0.3, -0.25) is 4.79 Å². The summed E-state index contributed by atoms with van der Waals surface area (Å²) in [5.74, 6) is 1.01. The number of methoxy groups -OCH3 is 1. The predicted octanol–water partition coefficient (Wildman–Crippen LogP) is 4.45. The van der Waals surface area contributed by atoms with E-state index in [0.717, 1.165) is 5.56 Å². The molecule has 23 heavy (non-hydrogen) atoms. The third-order valence-electron chi connectivity index (χ3n) is 3.44. The van der Waals surface area contributed by atoms with Gasteiger partial charge in [-0.05, 0) is 49.2 Å². The van der Waals surface area contributed by atoms with Gasteiger partial charge in [0, 0.05) is 5.02 Å². The highest BCUT2D eigenvalue weighted by Crippen LogP contribution is 2.25. The standard InChI is InChI=1S/C18H20ClNO3/c1-4-16(23-13-9-10-14(19)12(2)11-13)18(21)20-15-7-5-6-8-17(15)22-3/h5-11,16H,4H2,1-3H3,(H,20,21)/t16-/m0/s1. The molecule has 5 heteroatoms. The van der Waals surface area contributed by atoms with E-state index < -0.39 is 6.10 Å². The Hall–Kier alpha value is -2.20. The van der Waals surface area contributed by atoms with Crippen molar-refractivity contribution in [3.63, 3.8) is 0 Å². The third kappa shape index (κ3) is 4.39. The Labute approximate surface area is 141 Å². The zero-order chi connectivity index (χ0) is 16.8. The van der Waals surface area contributed by atoms with Crippen molar-refractivity contribution in [1.29, 1.82) is 0 Å². The first-order chi connectivity index (χ1) is 11.0. The zero-order valence-corrected chi connectivity index (χ0v) is 14.2. The Balaban J connectivity index is 2.10. The molecule has 4 nitrogen and oxygen atoms in total. The molecule has 1 N–H and O–H groups in total. The summed E-state index contributed by atoms with van der Waals surface area (Å²) < 4.78 is 11.0. The number of hydrogen-bond acceptors (Lipinski definition) is 3. The van der Waals surface area contributed by atoms with Gasteiger partial charge in [-0.2, -0.15) is 0 Å². The number of ether oxygens (including phenoxy) is 2. The predicted molar refractivity (Wildman–Crippen MR) is 92.5 cm³/mol. The first-order valence-electron chi connectivity index (χ1n) is 7.41. The van der Waals surface area contributed by atoms with E-state index in [2.05, 4.69) is 5.32 Å². The zero-order valence-electron chi connectivity index (χ0n) is 13.4. The Morgan fingerprint density at radius 2 is 2.00 bits per heavy atom. The topological polar surface area (TPSA) is 47.6 Å². The molecule has 0 aliphatic heterocycles. The molecule has 0 saturated carbocycles. The summed E-state index contributed by atoms with van der Waals surface area (Å²) in [5.41, 5.74) is 1.53. The second-order valence-electron chi connectivity index (χ2n) is 5.12. The van der Waals surface area contributed by atoms with E-state index in [4.69, 9.17) is 21.1 Å². The van der Waals surface area contributed by atoms with Crippen molar-refractivity contribution >= 4 is 23.2 Å². The van der Waals surface area contributed by atoms with Crippen molar-refractivity contribution in [1.82, 2.24) is 0 Å². The second kappa shape index (κ2) is 7.88. The molecule has 1 amide bonds. The molecule has 0 fully saturated rings. The van der Waals surface area contributed by atoms with Crippen LogP contribution in [0.5, 0.6) is 11.5 Å². The summed E-state index contributed by atoms with van der Waals surface area (Å²) in [7, 11) is 1.56. The Morgan fingerprint density at radius 1 is 1.26 bits per heavy atom. The number of aryl methyl sites for hydroxylation is 1. The van der Waals surface area contributed by atoms with Crippen LogP contribution in [-0.2, 0) is 4.79 Å². The van der Waals surface area contributed by atoms with E-state index in [1.807, 2.05) is 32.0 Å². The number of nitrogens with one attached hydrogen (secondary N) is 1. The average molecular weight is 334 g/mol. The van der Waals surface area contributed by atoms with Gasteiger partial charge in [-0.1, -0.05) is 30.7 Å². The molecule has 122 valence electrons. The third-order valence-corrected chi connectivity index (χ3v) is 3.86. The molecule has 0 aromatic heterocycles. The Kier molecular flexibility index (Phi) is 5.88. The molecule has 2 aromatic rings. The van der Waals surface area contributed by atoms with Crippen molar-refractivity contribution in [2.24, 2.45) is 0 Å². The first kappa shape index (κ1) is 17.2.